The van der Waals surface area contributed by atoms with Crippen molar-refractivity contribution in [3.63, 3.8) is 0 Å². The molecule has 0 N–H and O–H groups in total. The topological polar surface area (TPSA) is 115 Å². The summed E-state index contributed by atoms with van der Waals surface area (Å²) in [6, 6.07) is 15.9. The lowest BCUT2D eigenvalue weighted by atomic mass is 9.95. The van der Waals surface area contributed by atoms with E-state index in [0.29, 0.717) is 38.7 Å². The van der Waals surface area contributed by atoms with Crippen LogP contribution in [0.1, 0.15) is 44.9 Å². The largest absolute Gasteiger partial charge is 0.493 e. The molecule has 45 heavy (non-hydrogen) atoms. The zero-order chi connectivity index (χ0) is 32.1. The Morgan fingerprint density at radius 3 is 2.36 bits per heavy atom. The minimum absolute atomic E-state index is 0.154. The third-order valence-corrected chi connectivity index (χ3v) is 8.16. The Morgan fingerprint density at radius 1 is 0.911 bits per heavy atom. The van der Waals surface area contributed by atoms with Crippen molar-refractivity contribution in [1.29, 1.82) is 0 Å². The molecule has 234 valence electrons. The number of ether oxygens (including phenoxy) is 5. The van der Waals surface area contributed by atoms with E-state index in [9.17, 15) is 14.4 Å². The van der Waals surface area contributed by atoms with Crippen molar-refractivity contribution in [2.24, 2.45) is 4.99 Å². The van der Waals surface area contributed by atoms with Crippen LogP contribution in [0.15, 0.2) is 75.7 Å². The van der Waals surface area contributed by atoms with E-state index in [1.54, 1.807) is 39.0 Å². The predicted molar refractivity (Wildman–Crippen MR) is 171 cm³/mol. The van der Waals surface area contributed by atoms with Crippen LogP contribution in [0.25, 0.3) is 16.8 Å². The van der Waals surface area contributed by atoms with E-state index in [2.05, 4.69) is 4.99 Å². The van der Waals surface area contributed by atoms with Crippen molar-refractivity contribution in [3.8, 4) is 17.2 Å². The number of fused-ring (bicyclic) bond motifs is 2. The van der Waals surface area contributed by atoms with Crippen LogP contribution >= 0.6 is 11.3 Å². The smallest absolute Gasteiger partial charge is 0.344 e. The second-order valence-corrected chi connectivity index (χ2v) is 10.9. The zero-order valence-electron chi connectivity index (χ0n) is 25.7. The van der Waals surface area contributed by atoms with Gasteiger partial charge in [-0.25, -0.2) is 14.6 Å². The van der Waals surface area contributed by atoms with Crippen molar-refractivity contribution >= 4 is 40.1 Å². The molecule has 1 aliphatic heterocycles. The third kappa shape index (κ3) is 6.34. The maximum Gasteiger partial charge on any atom is 0.344 e. The van der Waals surface area contributed by atoms with Gasteiger partial charge in [-0.2, -0.15) is 0 Å². The van der Waals surface area contributed by atoms with Gasteiger partial charge in [-0.1, -0.05) is 47.7 Å². The van der Waals surface area contributed by atoms with E-state index in [4.69, 9.17) is 23.7 Å². The molecule has 4 aromatic rings. The Labute approximate surface area is 263 Å². The van der Waals surface area contributed by atoms with Gasteiger partial charge in [0.15, 0.2) is 22.9 Å². The number of benzene rings is 3. The number of hydrogen-bond donors (Lipinski definition) is 0. The third-order valence-electron chi connectivity index (χ3n) is 7.18. The predicted octanol–water partition coefficient (Wildman–Crippen LogP) is 4.30. The van der Waals surface area contributed by atoms with Gasteiger partial charge >= 0.3 is 11.9 Å². The Balaban J connectivity index is 1.66. The maximum absolute atomic E-state index is 14.2. The highest BCUT2D eigenvalue weighted by molar-refractivity contribution is 7.07. The first-order chi connectivity index (χ1) is 21.8. The molecule has 3 aromatic carbocycles. The van der Waals surface area contributed by atoms with Crippen LogP contribution in [0.4, 0.5) is 0 Å². The molecule has 0 saturated heterocycles. The van der Waals surface area contributed by atoms with E-state index in [1.165, 1.54) is 23.0 Å². The molecule has 1 unspecified atom stereocenters. The molecule has 0 bridgehead atoms. The quantitative estimate of drug-likeness (QED) is 0.226. The monoisotopic (exact) mass is 630 g/mol. The van der Waals surface area contributed by atoms with Gasteiger partial charge in [0.1, 0.15) is 5.75 Å². The molecule has 1 aromatic heterocycles. The fourth-order valence-electron chi connectivity index (χ4n) is 5.26. The summed E-state index contributed by atoms with van der Waals surface area (Å²) in [4.78, 5) is 44.5. The second kappa shape index (κ2) is 13.8. The van der Waals surface area contributed by atoms with Crippen LogP contribution in [0.2, 0.25) is 0 Å². The van der Waals surface area contributed by atoms with E-state index < -0.39 is 18.0 Å². The molecule has 2 heterocycles. The van der Waals surface area contributed by atoms with Gasteiger partial charge in [0.05, 0.1) is 48.8 Å². The number of hydrogen-bond acceptors (Lipinski definition) is 10. The summed E-state index contributed by atoms with van der Waals surface area (Å²) in [5, 5.41) is 1.88. The zero-order valence-corrected chi connectivity index (χ0v) is 26.6. The molecule has 0 fully saturated rings. The van der Waals surface area contributed by atoms with Crippen molar-refractivity contribution in [2.75, 3.05) is 33.5 Å². The lowest BCUT2D eigenvalue weighted by Gasteiger charge is -2.25. The molecule has 0 spiro atoms. The molecule has 0 radical (unpaired) electrons. The Hall–Kier alpha value is -4.90. The molecule has 5 rings (SSSR count). The highest BCUT2D eigenvalue weighted by atomic mass is 32.1. The fraction of sp³-hybridized carbons (Fsp3) is 0.294. The molecule has 1 atom stereocenters. The van der Waals surface area contributed by atoms with E-state index in [0.717, 1.165) is 22.1 Å². The molecule has 0 amide bonds. The number of rotatable bonds is 11. The first kappa shape index (κ1) is 31.5. The van der Waals surface area contributed by atoms with Crippen LogP contribution in [-0.2, 0) is 19.1 Å². The summed E-state index contributed by atoms with van der Waals surface area (Å²) >= 11 is 1.24. The van der Waals surface area contributed by atoms with Gasteiger partial charge < -0.3 is 23.7 Å². The normalized spacial score (nSPS) is 14.5. The highest BCUT2D eigenvalue weighted by Crippen LogP contribution is 2.36. The number of thiazole rings is 1. The van der Waals surface area contributed by atoms with E-state index in [1.807, 2.05) is 49.4 Å². The lowest BCUT2D eigenvalue weighted by molar-refractivity contribution is -0.145. The lowest BCUT2D eigenvalue weighted by Crippen LogP contribution is -2.40. The number of carbonyl (C=O) groups is 2. The summed E-state index contributed by atoms with van der Waals surface area (Å²) in [5.74, 6) is 0.307. The van der Waals surface area contributed by atoms with Crippen LogP contribution in [-0.4, -0.2) is 50.0 Å². The van der Waals surface area contributed by atoms with Gasteiger partial charge in [0, 0.05) is 5.39 Å². The number of aromatic nitrogens is 1. The SMILES string of the molecule is CCOC(=O)COc1ccc(C2C(C(=O)OCC)=C(C)N=c3s/c(=C\c4ccc(OCC)c5ccccc45)c(=O)n32)cc1OC. The Bertz CT molecular complexity index is 1970. The van der Waals surface area contributed by atoms with Crippen LogP contribution < -0.4 is 29.1 Å². The second-order valence-electron chi connectivity index (χ2n) is 9.94. The molecule has 0 saturated carbocycles. The summed E-state index contributed by atoms with van der Waals surface area (Å²) in [5.41, 5.74) is 1.80. The standard InChI is InChI=1S/C34H34N2O8S/c1-6-41-25-15-13-21(23-11-9-10-12-24(23)25)18-28-32(38)36-31(30(33(39)43-8-3)20(4)35-34(36)45-28)22-14-16-26(27(17-22)40-5)44-19-29(37)42-7-2/h9-18,31H,6-8,19H2,1-5H3/b28-18-. The van der Waals surface area contributed by atoms with E-state index >= 15 is 0 Å². The number of methoxy groups -OCH3 is 1. The molecule has 1 aliphatic rings. The summed E-state index contributed by atoms with van der Waals surface area (Å²) in [6.07, 6.45) is 1.84. The van der Waals surface area contributed by atoms with Crippen LogP contribution in [0.5, 0.6) is 17.2 Å². The van der Waals surface area contributed by atoms with Crippen molar-refractivity contribution < 1.29 is 33.3 Å². The number of allylic oxidation sites excluding steroid dienone is 1. The molecule has 0 aliphatic carbocycles. The van der Waals surface area contributed by atoms with Crippen molar-refractivity contribution in [3.05, 3.63) is 96.7 Å². The first-order valence-electron chi connectivity index (χ1n) is 14.6. The number of nitrogens with zero attached hydrogens (tertiary/aromatic N) is 2. The van der Waals surface area contributed by atoms with Crippen molar-refractivity contribution in [1.82, 2.24) is 4.57 Å². The minimum atomic E-state index is -0.854. The van der Waals surface area contributed by atoms with Gasteiger partial charge in [-0.3, -0.25) is 9.36 Å². The van der Waals surface area contributed by atoms with Gasteiger partial charge in [0.2, 0.25) is 0 Å². The molecule has 11 heteroatoms. The van der Waals surface area contributed by atoms with E-state index in [-0.39, 0.29) is 31.0 Å². The minimum Gasteiger partial charge on any atom is -0.493 e. The Kier molecular flexibility index (Phi) is 9.68. The summed E-state index contributed by atoms with van der Waals surface area (Å²) in [7, 11) is 1.47. The Morgan fingerprint density at radius 2 is 1.64 bits per heavy atom. The average Bonchev–Trinajstić information content (AvgIpc) is 3.34. The number of esters is 2. The van der Waals surface area contributed by atoms with Crippen molar-refractivity contribution in [2.45, 2.75) is 33.7 Å². The first-order valence-corrected chi connectivity index (χ1v) is 15.4. The molecule has 10 nitrogen and oxygen atoms in total. The molecular weight excluding hydrogens is 596 g/mol. The number of carbonyl (C=O) groups excluding carboxylic acids is 2. The molecular formula is C34H34N2O8S. The van der Waals surface area contributed by atoms with Crippen LogP contribution in [0.3, 0.4) is 0 Å². The van der Waals surface area contributed by atoms with Gasteiger partial charge in [-0.05, 0) is 68.5 Å². The van der Waals surface area contributed by atoms with Gasteiger partial charge in [0.25, 0.3) is 5.56 Å². The highest BCUT2D eigenvalue weighted by Gasteiger charge is 2.34. The van der Waals surface area contributed by atoms with Crippen LogP contribution in [0, 0.1) is 0 Å². The average molecular weight is 631 g/mol. The summed E-state index contributed by atoms with van der Waals surface area (Å²) in [6.45, 7) is 7.72. The fourth-order valence-corrected chi connectivity index (χ4v) is 6.30. The van der Waals surface area contributed by atoms with Gasteiger partial charge in [-0.15, -0.1) is 0 Å². The maximum atomic E-state index is 14.2. The summed E-state index contributed by atoms with van der Waals surface area (Å²) < 4.78 is 29.4.